The van der Waals surface area contributed by atoms with Crippen LogP contribution in [0.4, 0.5) is 12.9 Å². The molecule has 1 rings (SSSR count). The van der Waals surface area contributed by atoms with E-state index < -0.39 is 25.4 Å². The molecular formula is C7H14BF3KNO2. The van der Waals surface area contributed by atoms with Gasteiger partial charge in [-0.15, -0.1) is 0 Å². The summed E-state index contributed by atoms with van der Waals surface area (Å²) in [5.41, 5.74) is 0. The van der Waals surface area contributed by atoms with E-state index in [9.17, 15) is 18.1 Å². The first-order chi connectivity index (χ1) is 6.42. The minimum Gasteiger partial charge on any atom is -0.448 e. The number of hydrogen-bond acceptors (Lipinski definition) is 3. The van der Waals surface area contributed by atoms with Crippen LogP contribution in [-0.4, -0.2) is 54.3 Å². The Hall–Kier alpha value is 1.37. The number of likely N-dealkylation sites (tertiary alicyclic amines) is 1. The molecule has 2 atom stereocenters. The van der Waals surface area contributed by atoms with E-state index in [1.807, 2.05) is 0 Å². The molecule has 1 aliphatic rings. The molecule has 1 aliphatic heterocycles. The molecule has 1 saturated heterocycles. The summed E-state index contributed by atoms with van der Waals surface area (Å²) in [5, 5.41) is 18.1. The molecule has 0 aromatic carbocycles. The zero-order valence-corrected chi connectivity index (χ0v) is 11.9. The standard InChI is InChI=1S/C7H14BF3NO2.K/c9-8(10,11)5-12-2-1-7(14)6(3-12)4-13;/h6-7,13-14H,1-5H2;/q-1;+1. The summed E-state index contributed by atoms with van der Waals surface area (Å²) in [4.78, 5) is 1.24. The molecule has 84 valence electrons. The second-order valence-electron chi connectivity index (χ2n) is 3.77. The number of aliphatic hydroxyl groups is 2. The van der Waals surface area contributed by atoms with Gasteiger partial charge < -0.3 is 28.1 Å². The maximum atomic E-state index is 12.1. The van der Waals surface area contributed by atoms with E-state index in [-0.39, 0.29) is 71.1 Å². The van der Waals surface area contributed by atoms with Crippen molar-refractivity contribution < 1.29 is 74.5 Å². The predicted octanol–water partition coefficient (Wildman–Crippen LogP) is -2.95. The van der Waals surface area contributed by atoms with Crippen LogP contribution in [0.25, 0.3) is 0 Å². The average molecular weight is 251 g/mol. The van der Waals surface area contributed by atoms with Gasteiger partial charge in [-0.3, -0.25) is 0 Å². The molecule has 0 saturated carbocycles. The Morgan fingerprint density at radius 1 is 1.33 bits per heavy atom. The van der Waals surface area contributed by atoms with Crippen molar-refractivity contribution >= 4 is 6.98 Å². The van der Waals surface area contributed by atoms with E-state index >= 15 is 0 Å². The molecule has 0 aliphatic carbocycles. The SMILES string of the molecule is OCC1CN(C[B-](F)(F)F)CCC1O.[K+]. The van der Waals surface area contributed by atoms with Crippen LogP contribution in [0.5, 0.6) is 0 Å². The van der Waals surface area contributed by atoms with E-state index in [1.165, 1.54) is 4.90 Å². The number of halogens is 3. The fourth-order valence-electron chi connectivity index (χ4n) is 1.73. The van der Waals surface area contributed by atoms with Gasteiger partial charge in [0, 0.05) is 19.1 Å². The van der Waals surface area contributed by atoms with Crippen LogP contribution in [0.3, 0.4) is 0 Å². The Morgan fingerprint density at radius 3 is 2.40 bits per heavy atom. The molecule has 1 heterocycles. The summed E-state index contributed by atoms with van der Waals surface area (Å²) >= 11 is 0. The fraction of sp³-hybridized carbons (Fsp3) is 1.00. The van der Waals surface area contributed by atoms with Gasteiger partial charge in [-0.2, -0.15) is 0 Å². The minimum absolute atomic E-state index is 0. The molecule has 0 aromatic heterocycles. The van der Waals surface area contributed by atoms with Crippen LogP contribution in [0.2, 0.25) is 0 Å². The predicted molar refractivity (Wildman–Crippen MR) is 46.7 cm³/mol. The summed E-state index contributed by atoms with van der Waals surface area (Å²) < 4.78 is 36.2. The van der Waals surface area contributed by atoms with E-state index in [4.69, 9.17) is 5.11 Å². The maximum Gasteiger partial charge on any atom is 1.00 e. The van der Waals surface area contributed by atoms with Gasteiger partial charge in [0.2, 0.25) is 0 Å². The third kappa shape index (κ3) is 6.02. The topological polar surface area (TPSA) is 43.7 Å². The molecule has 2 N–H and O–H groups in total. The maximum absolute atomic E-state index is 12.1. The van der Waals surface area contributed by atoms with Gasteiger partial charge in [0.1, 0.15) is 0 Å². The van der Waals surface area contributed by atoms with E-state index in [2.05, 4.69) is 0 Å². The Bertz CT molecular complexity index is 196. The summed E-state index contributed by atoms with van der Waals surface area (Å²) in [7, 11) is 0. The van der Waals surface area contributed by atoms with Crippen LogP contribution >= 0.6 is 0 Å². The smallest absolute Gasteiger partial charge is 0.448 e. The van der Waals surface area contributed by atoms with Crippen LogP contribution in [-0.2, 0) is 0 Å². The minimum atomic E-state index is -4.81. The molecule has 15 heavy (non-hydrogen) atoms. The van der Waals surface area contributed by atoms with Crippen molar-refractivity contribution in [2.45, 2.75) is 12.5 Å². The van der Waals surface area contributed by atoms with E-state index in [1.54, 1.807) is 0 Å². The second kappa shape index (κ2) is 6.95. The molecule has 1 fully saturated rings. The van der Waals surface area contributed by atoms with Gasteiger partial charge >= 0.3 is 58.4 Å². The van der Waals surface area contributed by atoms with Gasteiger partial charge in [0.15, 0.2) is 0 Å². The molecule has 0 amide bonds. The molecule has 3 nitrogen and oxygen atoms in total. The van der Waals surface area contributed by atoms with Gasteiger partial charge in [-0.05, 0) is 19.4 Å². The number of rotatable bonds is 3. The molecule has 0 bridgehead atoms. The molecule has 0 aromatic rings. The Balaban J connectivity index is 0.00000196. The van der Waals surface area contributed by atoms with Gasteiger partial charge in [-0.1, -0.05) is 0 Å². The van der Waals surface area contributed by atoms with Crippen LogP contribution in [0.1, 0.15) is 6.42 Å². The van der Waals surface area contributed by atoms with E-state index in [0.717, 1.165) is 0 Å². The summed E-state index contributed by atoms with van der Waals surface area (Å²) in [6.07, 6.45) is -1.27. The van der Waals surface area contributed by atoms with Crippen LogP contribution in [0.15, 0.2) is 0 Å². The van der Waals surface area contributed by atoms with Crippen LogP contribution in [0, 0.1) is 5.92 Å². The van der Waals surface area contributed by atoms with Gasteiger partial charge in [0.25, 0.3) is 0 Å². The first-order valence-corrected chi connectivity index (χ1v) is 4.64. The number of aliphatic hydroxyl groups excluding tert-OH is 2. The van der Waals surface area contributed by atoms with Gasteiger partial charge in [-0.25, -0.2) is 0 Å². The van der Waals surface area contributed by atoms with Crippen molar-refractivity contribution in [2.75, 3.05) is 26.1 Å². The normalized spacial score (nSPS) is 28.6. The number of nitrogens with zero attached hydrogens (tertiary/aromatic N) is 1. The number of hydrogen-bond donors (Lipinski definition) is 2. The molecule has 8 heteroatoms. The van der Waals surface area contributed by atoms with Crippen LogP contribution < -0.4 is 51.4 Å². The monoisotopic (exact) mass is 251 g/mol. The zero-order valence-electron chi connectivity index (χ0n) is 8.74. The fourth-order valence-corrected chi connectivity index (χ4v) is 1.73. The molecule has 2 unspecified atom stereocenters. The second-order valence-corrected chi connectivity index (χ2v) is 3.77. The van der Waals surface area contributed by atoms with Crippen molar-refractivity contribution in [3.63, 3.8) is 0 Å². The van der Waals surface area contributed by atoms with Crippen molar-refractivity contribution in [1.82, 2.24) is 4.90 Å². The first kappa shape index (κ1) is 16.4. The van der Waals surface area contributed by atoms with Gasteiger partial charge in [0.05, 0.1) is 6.10 Å². The summed E-state index contributed by atoms with van der Waals surface area (Å²) in [6.45, 7) is -4.70. The first-order valence-electron chi connectivity index (χ1n) is 4.64. The summed E-state index contributed by atoms with van der Waals surface area (Å²) in [5.74, 6) is -0.443. The molecular weight excluding hydrogens is 237 g/mol. The Morgan fingerprint density at radius 2 is 1.93 bits per heavy atom. The third-order valence-corrected chi connectivity index (χ3v) is 2.48. The quantitative estimate of drug-likeness (QED) is 0.527. The largest absolute Gasteiger partial charge is 1.00 e. The molecule has 0 radical (unpaired) electrons. The number of piperidine rings is 1. The van der Waals surface area contributed by atoms with Crippen molar-refractivity contribution in [3.05, 3.63) is 0 Å². The average Bonchev–Trinajstić information content (AvgIpc) is 2.06. The van der Waals surface area contributed by atoms with E-state index in [0.29, 0.717) is 6.42 Å². The summed E-state index contributed by atoms with van der Waals surface area (Å²) in [6, 6.07) is 0. The zero-order chi connectivity index (χ0) is 10.8. The van der Waals surface area contributed by atoms with Crippen molar-refractivity contribution in [2.24, 2.45) is 5.92 Å². The van der Waals surface area contributed by atoms with Crippen molar-refractivity contribution in [1.29, 1.82) is 0 Å². The Labute approximate surface area is 129 Å². The molecule has 0 spiro atoms. The Kier molecular flexibility index (Phi) is 7.59. The van der Waals surface area contributed by atoms with Crippen molar-refractivity contribution in [3.8, 4) is 0 Å². The third-order valence-electron chi connectivity index (χ3n) is 2.48.